The summed E-state index contributed by atoms with van der Waals surface area (Å²) in [6.07, 6.45) is 4.52. The number of hydrogen-bond donors (Lipinski definition) is 2. The van der Waals surface area contributed by atoms with Crippen molar-refractivity contribution in [2.75, 3.05) is 11.5 Å². The third-order valence-electron chi connectivity index (χ3n) is 2.56. The minimum atomic E-state index is 0.708. The van der Waals surface area contributed by atoms with Gasteiger partial charge in [0.2, 0.25) is 0 Å². The second-order valence-corrected chi connectivity index (χ2v) is 4.99. The van der Waals surface area contributed by atoms with E-state index in [4.69, 9.17) is 0 Å². The van der Waals surface area contributed by atoms with Crippen molar-refractivity contribution in [3.8, 4) is 0 Å². The Morgan fingerprint density at radius 2 is 2.36 bits per heavy atom. The number of nitrogens with zero attached hydrogens (tertiary/aromatic N) is 1. The first-order chi connectivity index (χ1) is 6.84. The number of aromatic amines is 1. The van der Waals surface area contributed by atoms with E-state index in [2.05, 4.69) is 27.0 Å². The van der Waals surface area contributed by atoms with Crippen molar-refractivity contribution in [3.63, 3.8) is 0 Å². The van der Waals surface area contributed by atoms with Crippen molar-refractivity contribution in [3.05, 3.63) is 17.7 Å². The van der Waals surface area contributed by atoms with E-state index >= 15 is 0 Å². The summed E-state index contributed by atoms with van der Waals surface area (Å²) in [7, 11) is 0. The highest BCUT2D eigenvalue weighted by atomic mass is 32.2. The minimum absolute atomic E-state index is 0.708. The van der Waals surface area contributed by atoms with E-state index in [1.807, 2.05) is 13.1 Å². The molecule has 78 valence electrons. The Morgan fingerprint density at radius 3 is 3.00 bits per heavy atom. The highest BCUT2D eigenvalue weighted by Crippen LogP contribution is 2.17. The van der Waals surface area contributed by atoms with Gasteiger partial charge >= 0.3 is 0 Å². The van der Waals surface area contributed by atoms with Gasteiger partial charge in [0.05, 0.1) is 0 Å². The summed E-state index contributed by atoms with van der Waals surface area (Å²) in [6, 6.07) is 0.708. The first-order valence-electron chi connectivity index (χ1n) is 5.16. The second kappa shape index (κ2) is 4.84. The summed E-state index contributed by atoms with van der Waals surface area (Å²) < 4.78 is 0. The van der Waals surface area contributed by atoms with Gasteiger partial charge < -0.3 is 10.3 Å². The molecule has 0 spiro atoms. The molecule has 0 saturated carbocycles. The lowest BCUT2D eigenvalue weighted by Crippen LogP contribution is -2.32. The fourth-order valence-corrected chi connectivity index (χ4v) is 2.82. The predicted octanol–water partition coefficient (Wildman–Crippen LogP) is 1.70. The fraction of sp³-hybridized carbons (Fsp3) is 0.700. The summed E-state index contributed by atoms with van der Waals surface area (Å²) in [5, 5.41) is 3.57. The summed E-state index contributed by atoms with van der Waals surface area (Å²) in [5.74, 6) is 3.61. The third-order valence-corrected chi connectivity index (χ3v) is 3.61. The Morgan fingerprint density at radius 1 is 1.57 bits per heavy atom. The summed E-state index contributed by atoms with van der Waals surface area (Å²) in [5.41, 5.74) is 1.20. The van der Waals surface area contributed by atoms with Crippen LogP contribution >= 0.6 is 11.8 Å². The number of aryl methyl sites for hydroxylation is 1. The molecule has 2 rings (SSSR count). The van der Waals surface area contributed by atoms with Crippen LogP contribution < -0.4 is 5.32 Å². The molecule has 0 unspecified atom stereocenters. The first kappa shape index (κ1) is 10.1. The van der Waals surface area contributed by atoms with Crippen molar-refractivity contribution in [2.45, 2.75) is 32.4 Å². The van der Waals surface area contributed by atoms with Gasteiger partial charge in [-0.1, -0.05) is 0 Å². The number of nitrogens with one attached hydrogen (secondary N) is 2. The molecule has 14 heavy (non-hydrogen) atoms. The Balaban J connectivity index is 1.76. The summed E-state index contributed by atoms with van der Waals surface area (Å²) in [4.78, 5) is 7.42. The van der Waals surface area contributed by atoms with Crippen LogP contribution in [0, 0.1) is 6.92 Å². The van der Waals surface area contributed by atoms with Crippen LogP contribution in [-0.4, -0.2) is 27.5 Å². The van der Waals surface area contributed by atoms with Crippen LogP contribution in [0.2, 0.25) is 0 Å². The number of hydrogen-bond acceptors (Lipinski definition) is 3. The zero-order valence-corrected chi connectivity index (χ0v) is 9.36. The van der Waals surface area contributed by atoms with E-state index in [0.717, 1.165) is 12.4 Å². The highest BCUT2D eigenvalue weighted by molar-refractivity contribution is 7.99. The Hall–Kier alpha value is -0.480. The average Bonchev–Trinajstić information content (AvgIpc) is 2.63. The summed E-state index contributed by atoms with van der Waals surface area (Å²) in [6.45, 7) is 2.91. The molecule has 3 nitrogen and oxygen atoms in total. The minimum Gasteiger partial charge on any atom is -0.345 e. The molecule has 0 aliphatic carbocycles. The normalized spacial score (nSPS) is 18.6. The number of imidazole rings is 1. The van der Waals surface area contributed by atoms with Gasteiger partial charge in [-0.15, -0.1) is 0 Å². The lowest BCUT2D eigenvalue weighted by atomic mass is 10.1. The van der Waals surface area contributed by atoms with Gasteiger partial charge in [-0.05, 0) is 31.3 Å². The zero-order chi connectivity index (χ0) is 9.80. The maximum Gasteiger partial charge on any atom is 0.103 e. The van der Waals surface area contributed by atoms with Gasteiger partial charge in [-0.2, -0.15) is 11.8 Å². The quantitative estimate of drug-likeness (QED) is 0.799. The van der Waals surface area contributed by atoms with Crippen LogP contribution in [0.5, 0.6) is 0 Å². The number of aromatic nitrogens is 2. The Kier molecular flexibility index (Phi) is 3.48. The molecule has 4 heteroatoms. The highest BCUT2D eigenvalue weighted by Gasteiger charge is 2.12. The molecule has 0 radical (unpaired) electrons. The van der Waals surface area contributed by atoms with E-state index in [9.17, 15) is 0 Å². The molecular weight excluding hydrogens is 194 g/mol. The predicted molar refractivity (Wildman–Crippen MR) is 60.5 cm³/mol. The standard InChI is InChI=1S/C10H17N3S/c1-8-11-6-10(13-8)7-12-9-2-4-14-5-3-9/h6,9,12H,2-5,7H2,1H3,(H,11,13). The smallest absolute Gasteiger partial charge is 0.103 e. The van der Waals surface area contributed by atoms with Crippen LogP contribution in [0.15, 0.2) is 6.20 Å². The number of thioether (sulfide) groups is 1. The molecular formula is C10H17N3S. The largest absolute Gasteiger partial charge is 0.345 e. The van der Waals surface area contributed by atoms with E-state index in [1.54, 1.807) is 0 Å². The molecule has 1 aliphatic rings. The van der Waals surface area contributed by atoms with Crippen LogP contribution in [0.3, 0.4) is 0 Å². The van der Waals surface area contributed by atoms with Crippen molar-refractivity contribution >= 4 is 11.8 Å². The fourth-order valence-electron chi connectivity index (χ4n) is 1.72. The molecule has 1 fully saturated rings. The monoisotopic (exact) mass is 211 g/mol. The van der Waals surface area contributed by atoms with Crippen LogP contribution in [0.4, 0.5) is 0 Å². The van der Waals surface area contributed by atoms with Gasteiger partial charge in [0.1, 0.15) is 5.82 Å². The molecule has 0 amide bonds. The van der Waals surface area contributed by atoms with Crippen LogP contribution in [0.1, 0.15) is 24.4 Å². The Labute approximate surface area is 89.1 Å². The van der Waals surface area contributed by atoms with Crippen molar-refractivity contribution in [1.82, 2.24) is 15.3 Å². The van der Waals surface area contributed by atoms with Gasteiger partial charge in [0.15, 0.2) is 0 Å². The molecule has 0 bridgehead atoms. The molecule has 1 aliphatic heterocycles. The van der Waals surface area contributed by atoms with Crippen LogP contribution in [0.25, 0.3) is 0 Å². The molecule has 2 heterocycles. The van der Waals surface area contributed by atoms with Gasteiger partial charge in [0, 0.05) is 24.5 Å². The molecule has 1 saturated heterocycles. The lowest BCUT2D eigenvalue weighted by Gasteiger charge is -2.22. The van der Waals surface area contributed by atoms with Crippen molar-refractivity contribution in [2.24, 2.45) is 0 Å². The first-order valence-corrected chi connectivity index (χ1v) is 6.31. The topological polar surface area (TPSA) is 40.7 Å². The number of rotatable bonds is 3. The SMILES string of the molecule is Cc1ncc(CNC2CCSCC2)[nH]1. The van der Waals surface area contributed by atoms with E-state index in [0.29, 0.717) is 6.04 Å². The van der Waals surface area contributed by atoms with E-state index in [1.165, 1.54) is 30.0 Å². The van der Waals surface area contributed by atoms with Crippen molar-refractivity contribution in [1.29, 1.82) is 0 Å². The maximum atomic E-state index is 4.18. The molecule has 2 N–H and O–H groups in total. The van der Waals surface area contributed by atoms with Gasteiger partial charge in [-0.25, -0.2) is 4.98 Å². The Bertz CT molecular complexity index is 279. The zero-order valence-electron chi connectivity index (χ0n) is 8.55. The third kappa shape index (κ3) is 2.75. The van der Waals surface area contributed by atoms with Crippen molar-refractivity contribution < 1.29 is 0 Å². The second-order valence-electron chi connectivity index (χ2n) is 3.76. The maximum absolute atomic E-state index is 4.18. The molecule has 1 aromatic heterocycles. The van der Waals surface area contributed by atoms with E-state index in [-0.39, 0.29) is 0 Å². The van der Waals surface area contributed by atoms with Crippen LogP contribution in [-0.2, 0) is 6.54 Å². The van der Waals surface area contributed by atoms with Gasteiger partial charge in [-0.3, -0.25) is 0 Å². The molecule has 0 aromatic carbocycles. The van der Waals surface area contributed by atoms with E-state index < -0.39 is 0 Å². The average molecular weight is 211 g/mol. The van der Waals surface area contributed by atoms with Gasteiger partial charge in [0.25, 0.3) is 0 Å². The summed E-state index contributed by atoms with van der Waals surface area (Å²) >= 11 is 2.06. The number of H-pyrrole nitrogens is 1. The molecule has 0 atom stereocenters. The lowest BCUT2D eigenvalue weighted by molar-refractivity contribution is 0.479. The molecule has 1 aromatic rings.